The SMILES string of the molecule is Cc1ccc(NC(=O)[C@@H]2CNC[C@H](C(=O)NC3CCOCC3)C2)cn1. The van der Waals surface area contributed by atoms with Gasteiger partial charge in [-0.2, -0.15) is 0 Å². The largest absolute Gasteiger partial charge is 0.381 e. The molecule has 2 amide bonds. The van der Waals surface area contributed by atoms with Crippen molar-refractivity contribution in [2.45, 2.75) is 32.2 Å². The van der Waals surface area contributed by atoms with E-state index >= 15 is 0 Å². The summed E-state index contributed by atoms with van der Waals surface area (Å²) in [7, 11) is 0. The number of anilines is 1. The number of carbonyl (C=O) groups is 2. The molecule has 2 aliphatic heterocycles. The van der Waals surface area contributed by atoms with E-state index in [1.165, 1.54) is 0 Å². The standard InChI is InChI=1S/C18H26N4O3/c1-12-2-3-16(11-20-12)22-18(24)14-8-13(9-19-10-14)17(23)21-15-4-6-25-7-5-15/h2-3,11,13-15,19H,4-10H2,1H3,(H,21,23)(H,22,24)/t13-,14+/m1/s1. The summed E-state index contributed by atoms with van der Waals surface area (Å²) >= 11 is 0. The number of carbonyl (C=O) groups excluding carboxylic acids is 2. The molecule has 25 heavy (non-hydrogen) atoms. The summed E-state index contributed by atoms with van der Waals surface area (Å²) in [5.41, 5.74) is 1.59. The molecular weight excluding hydrogens is 320 g/mol. The fourth-order valence-electron chi connectivity index (χ4n) is 3.29. The van der Waals surface area contributed by atoms with Crippen LogP contribution >= 0.6 is 0 Å². The van der Waals surface area contributed by atoms with Gasteiger partial charge in [0.1, 0.15) is 0 Å². The van der Waals surface area contributed by atoms with Crippen molar-refractivity contribution >= 4 is 17.5 Å². The molecule has 2 fully saturated rings. The van der Waals surface area contributed by atoms with Crippen LogP contribution in [0.3, 0.4) is 0 Å². The van der Waals surface area contributed by atoms with Crippen molar-refractivity contribution < 1.29 is 14.3 Å². The van der Waals surface area contributed by atoms with Gasteiger partial charge in [-0.3, -0.25) is 14.6 Å². The summed E-state index contributed by atoms with van der Waals surface area (Å²) < 4.78 is 5.32. The Bertz CT molecular complexity index is 599. The van der Waals surface area contributed by atoms with E-state index in [1.807, 2.05) is 19.1 Å². The lowest BCUT2D eigenvalue weighted by Gasteiger charge is -2.31. The quantitative estimate of drug-likeness (QED) is 0.752. The molecule has 2 atom stereocenters. The predicted octanol–water partition coefficient (Wildman–Crippen LogP) is 0.849. The fourth-order valence-corrected chi connectivity index (χ4v) is 3.29. The number of hydrogen-bond acceptors (Lipinski definition) is 5. The Kier molecular flexibility index (Phi) is 5.99. The molecule has 3 heterocycles. The molecule has 7 heteroatoms. The maximum atomic E-state index is 12.5. The first kappa shape index (κ1) is 17.8. The van der Waals surface area contributed by atoms with Crippen molar-refractivity contribution in [1.82, 2.24) is 15.6 Å². The normalized spacial score (nSPS) is 24.5. The smallest absolute Gasteiger partial charge is 0.228 e. The molecule has 3 N–H and O–H groups in total. The molecule has 0 aromatic carbocycles. The number of ether oxygens (including phenoxy) is 1. The molecule has 0 saturated carbocycles. The second kappa shape index (κ2) is 8.40. The summed E-state index contributed by atoms with van der Waals surface area (Å²) in [5, 5.41) is 9.21. The first-order valence-corrected chi connectivity index (χ1v) is 8.94. The third-order valence-corrected chi connectivity index (χ3v) is 4.84. The van der Waals surface area contributed by atoms with Gasteiger partial charge in [-0.1, -0.05) is 0 Å². The fraction of sp³-hybridized carbons (Fsp3) is 0.611. The highest BCUT2D eigenvalue weighted by Crippen LogP contribution is 2.20. The van der Waals surface area contributed by atoms with E-state index in [1.54, 1.807) is 6.20 Å². The van der Waals surface area contributed by atoms with E-state index in [0.29, 0.717) is 38.4 Å². The Morgan fingerprint density at radius 1 is 1.16 bits per heavy atom. The van der Waals surface area contributed by atoms with E-state index in [9.17, 15) is 9.59 Å². The first-order valence-electron chi connectivity index (χ1n) is 8.94. The molecule has 0 unspecified atom stereocenters. The van der Waals surface area contributed by atoms with Gasteiger partial charge in [0.25, 0.3) is 0 Å². The number of aryl methyl sites for hydroxylation is 1. The van der Waals surface area contributed by atoms with Crippen LogP contribution in [-0.2, 0) is 14.3 Å². The Morgan fingerprint density at radius 2 is 1.88 bits per heavy atom. The summed E-state index contributed by atoms with van der Waals surface area (Å²) in [6.07, 6.45) is 3.93. The van der Waals surface area contributed by atoms with Crippen LogP contribution in [0.1, 0.15) is 25.0 Å². The first-order chi connectivity index (χ1) is 12.1. The maximum Gasteiger partial charge on any atom is 0.228 e. The molecule has 136 valence electrons. The Morgan fingerprint density at radius 3 is 2.56 bits per heavy atom. The van der Waals surface area contributed by atoms with E-state index in [0.717, 1.165) is 18.5 Å². The number of piperidine rings is 1. The summed E-state index contributed by atoms with van der Waals surface area (Å²) in [5.74, 6) is -0.431. The molecular formula is C18H26N4O3. The second-order valence-corrected chi connectivity index (χ2v) is 6.86. The van der Waals surface area contributed by atoms with Gasteiger partial charge in [0.15, 0.2) is 0 Å². The van der Waals surface area contributed by atoms with Gasteiger partial charge in [-0.25, -0.2) is 0 Å². The molecule has 1 aromatic heterocycles. The molecule has 0 bridgehead atoms. The van der Waals surface area contributed by atoms with Crippen LogP contribution in [0.5, 0.6) is 0 Å². The Balaban J connectivity index is 1.52. The van der Waals surface area contributed by atoms with Crippen LogP contribution in [-0.4, -0.2) is 49.1 Å². The summed E-state index contributed by atoms with van der Waals surface area (Å²) in [6, 6.07) is 3.89. The third-order valence-electron chi connectivity index (χ3n) is 4.84. The van der Waals surface area contributed by atoms with Crippen LogP contribution in [0.4, 0.5) is 5.69 Å². The monoisotopic (exact) mass is 346 g/mol. The lowest BCUT2D eigenvalue weighted by molar-refractivity contribution is -0.128. The minimum atomic E-state index is -0.222. The zero-order valence-electron chi connectivity index (χ0n) is 14.6. The highest BCUT2D eigenvalue weighted by molar-refractivity contribution is 5.93. The molecule has 2 saturated heterocycles. The van der Waals surface area contributed by atoms with Crippen molar-refractivity contribution in [3.8, 4) is 0 Å². The van der Waals surface area contributed by atoms with E-state index in [4.69, 9.17) is 4.74 Å². The number of pyridine rings is 1. The van der Waals surface area contributed by atoms with Crippen LogP contribution < -0.4 is 16.0 Å². The van der Waals surface area contributed by atoms with Gasteiger partial charge in [0.2, 0.25) is 11.8 Å². The van der Waals surface area contributed by atoms with E-state index in [2.05, 4.69) is 20.9 Å². The molecule has 0 aliphatic carbocycles. The maximum absolute atomic E-state index is 12.5. The topological polar surface area (TPSA) is 92.4 Å². The summed E-state index contributed by atoms with van der Waals surface area (Å²) in [6.45, 7) is 4.50. The number of amides is 2. The van der Waals surface area contributed by atoms with Crippen molar-refractivity contribution in [2.75, 3.05) is 31.6 Å². The average Bonchev–Trinajstić information content (AvgIpc) is 2.64. The van der Waals surface area contributed by atoms with Gasteiger partial charge < -0.3 is 20.7 Å². The highest BCUT2D eigenvalue weighted by Gasteiger charge is 2.32. The van der Waals surface area contributed by atoms with Crippen LogP contribution in [0, 0.1) is 18.8 Å². The number of hydrogen-bond donors (Lipinski definition) is 3. The second-order valence-electron chi connectivity index (χ2n) is 6.86. The van der Waals surface area contributed by atoms with Crippen molar-refractivity contribution in [3.63, 3.8) is 0 Å². The highest BCUT2D eigenvalue weighted by atomic mass is 16.5. The molecule has 0 radical (unpaired) electrons. The van der Waals surface area contributed by atoms with Crippen LogP contribution in [0.25, 0.3) is 0 Å². The van der Waals surface area contributed by atoms with Crippen LogP contribution in [0.2, 0.25) is 0 Å². The van der Waals surface area contributed by atoms with E-state index < -0.39 is 0 Å². The van der Waals surface area contributed by atoms with Gasteiger partial charge in [0, 0.05) is 38.0 Å². The molecule has 1 aromatic rings. The number of nitrogens with zero attached hydrogens (tertiary/aromatic N) is 1. The molecule has 3 rings (SSSR count). The number of aromatic nitrogens is 1. The lowest BCUT2D eigenvalue weighted by Crippen LogP contribution is -2.49. The molecule has 2 aliphatic rings. The third kappa shape index (κ3) is 4.99. The number of nitrogens with one attached hydrogen (secondary N) is 3. The summed E-state index contributed by atoms with van der Waals surface area (Å²) in [4.78, 5) is 29.2. The Hall–Kier alpha value is -1.99. The zero-order valence-corrected chi connectivity index (χ0v) is 14.6. The molecule has 0 spiro atoms. The van der Waals surface area contributed by atoms with Crippen molar-refractivity contribution in [1.29, 1.82) is 0 Å². The van der Waals surface area contributed by atoms with E-state index in [-0.39, 0.29) is 29.7 Å². The van der Waals surface area contributed by atoms with Crippen LogP contribution in [0.15, 0.2) is 18.3 Å². The van der Waals surface area contributed by atoms with Crippen molar-refractivity contribution in [3.05, 3.63) is 24.0 Å². The minimum absolute atomic E-state index is 0.0360. The lowest BCUT2D eigenvalue weighted by atomic mass is 9.88. The predicted molar refractivity (Wildman–Crippen MR) is 94.1 cm³/mol. The minimum Gasteiger partial charge on any atom is -0.381 e. The van der Waals surface area contributed by atoms with Crippen molar-refractivity contribution in [2.24, 2.45) is 11.8 Å². The Labute approximate surface area is 147 Å². The van der Waals surface area contributed by atoms with Gasteiger partial charge in [0.05, 0.1) is 23.7 Å². The molecule has 7 nitrogen and oxygen atoms in total. The average molecular weight is 346 g/mol. The zero-order chi connectivity index (χ0) is 17.6. The van der Waals surface area contributed by atoms with Gasteiger partial charge in [-0.05, 0) is 38.3 Å². The number of rotatable bonds is 4. The van der Waals surface area contributed by atoms with Gasteiger partial charge >= 0.3 is 0 Å². The van der Waals surface area contributed by atoms with Gasteiger partial charge in [-0.15, -0.1) is 0 Å².